The Morgan fingerprint density at radius 1 is 1.60 bits per heavy atom. The van der Waals surface area contributed by atoms with Crippen molar-refractivity contribution in [1.82, 2.24) is 4.98 Å². The number of anilines is 1. The van der Waals surface area contributed by atoms with Gasteiger partial charge in [0.1, 0.15) is 11.8 Å². The smallest absolute Gasteiger partial charge is 0.142 e. The third kappa shape index (κ3) is 1.92. The third-order valence-electron chi connectivity index (χ3n) is 2.89. The van der Waals surface area contributed by atoms with Crippen molar-refractivity contribution in [2.45, 2.75) is 13.0 Å². The van der Waals surface area contributed by atoms with E-state index in [1.54, 1.807) is 6.20 Å². The summed E-state index contributed by atoms with van der Waals surface area (Å²) < 4.78 is 0. The van der Waals surface area contributed by atoms with E-state index < -0.39 is 0 Å². The largest absolute Gasteiger partial charge is 0.370 e. The maximum atomic E-state index is 8.75. The molecule has 0 aromatic carbocycles. The fourth-order valence-corrected chi connectivity index (χ4v) is 1.88. The van der Waals surface area contributed by atoms with E-state index in [0.717, 1.165) is 18.8 Å². The molecule has 1 aromatic rings. The number of hydrogen-bond acceptors (Lipinski definition) is 4. The molecule has 1 aromatic heterocycles. The van der Waals surface area contributed by atoms with Crippen molar-refractivity contribution in [2.24, 2.45) is 11.7 Å². The van der Waals surface area contributed by atoms with Gasteiger partial charge < -0.3 is 10.6 Å². The first-order chi connectivity index (χ1) is 7.20. The fraction of sp³-hybridized carbons (Fsp3) is 0.455. The number of hydrogen-bond donors (Lipinski definition) is 1. The summed E-state index contributed by atoms with van der Waals surface area (Å²) in [6.07, 6.45) is 1.67. The Balaban J connectivity index is 2.21. The molecule has 2 unspecified atom stereocenters. The summed E-state index contributed by atoms with van der Waals surface area (Å²) in [6.45, 7) is 3.96. The van der Waals surface area contributed by atoms with Crippen LogP contribution in [0, 0.1) is 17.2 Å². The predicted molar refractivity (Wildman–Crippen MR) is 58.3 cm³/mol. The molecule has 0 spiro atoms. The Bertz CT molecular complexity index is 386. The SMILES string of the molecule is CC1CN(c2ccnc(C#N)c2)CC1N. The molecule has 2 rings (SSSR count). The summed E-state index contributed by atoms with van der Waals surface area (Å²) in [5.74, 6) is 0.503. The van der Waals surface area contributed by atoms with Crippen LogP contribution in [0.5, 0.6) is 0 Å². The molecule has 2 N–H and O–H groups in total. The topological polar surface area (TPSA) is 65.9 Å². The average Bonchev–Trinajstić information content (AvgIpc) is 2.59. The maximum Gasteiger partial charge on any atom is 0.142 e. The summed E-state index contributed by atoms with van der Waals surface area (Å²) in [5, 5.41) is 8.75. The second-order valence-electron chi connectivity index (χ2n) is 4.06. The minimum Gasteiger partial charge on any atom is -0.370 e. The molecule has 0 saturated carbocycles. The highest BCUT2D eigenvalue weighted by Gasteiger charge is 2.26. The molecule has 0 bridgehead atoms. The molecule has 0 aliphatic carbocycles. The van der Waals surface area contributed by atoms with E-state index >= 15 is 0 Å². The molecule has 4 heteroatoms. The Kier molecular flexibility index (Phi) is 2.57. The van der Waals surface area contributed by atoms with E-state index in [0.29, 0.717) is 11.6 Å². The van der Waals surface area contributed by atoms with Gasteiger partial charge in [-0.05, 0) is 18.1 Å². The Morgan fingerprint density at radius 2 is 2.40 bits per heavy atom. The van der Waals surface area contributed by atoms with Gasteiger partial charge in [-0.1, -0.05) is 6.92 Å². The highest BCUT2D eigenvalue weighted by molar-refractivity contribution is 5.50. The number of nitriles is 1. The van der Waals surface area contributed by atoms with E-state index in [1.165, 1.54) is 0 Å². The van der Waals surface area contributed by atoms with Gasteiger partial charge in [-0.25, -0.2) is 4.98 Å². The Labute approximate surface area is 89.3 Å². The van der Waals surface area contributed by atoms with Crippen LogP contribution in [0.4, 0.5) is 5.69 Å². The van der Waals surface area contributed by atoms with E-state index in [2.05, 4.69) is 16.8 Å². The zero-order chi connectivity index (χ0) is 10.8. The van der Waals surface area contributed by atoms with E-state index in [9.17, 15) is 0 Å². The molecular weight excluding hydrogens is 188 g/mol. The Morgan fingerprint density at radius 3 is 3.00 bits per heavy atom. The highest BCUT2D eigenvalue weighted by Crippen LogP contribution is 2.22. The van der Waals surface area contributed by atoms with Gasteiger partial charge in [-0.15, -0.1) is 0 Å². The van der Waals surface area contributed by atoms with E-state index in [4.69, 9.17) is 11.0 Å². The molecule has 1 aliphatic heterocycles. The van der Waals surface area contributed by atoms with Gasteiger partial charge in [-0.3, -0.25) is 0 Å². The lowest BCUT2D eigenvalue weighted by atomic mass is 10.1. The highest BCUT2D eigenvalue weighted by atomic mass is 15.2. The van der Waals surface area contributed by atoms with Crippen LogP contribution < -0.4 is 10.6 Å². The lowest BCUT2D eigenvalue weighted by molar-refractivity contribution is 0.566. The van der Waals surface area contributed by atoms with Crippen LogP contribution in [0.3, 0.4) is 0 Å². The Hall–Kier alpha value is -1.60. The summed E-state index contributed by atoms with van der Waals surface area (Å²) >= 11 is 0. The van der Waals surface area contributed by atoms with E-state index in [1.807, 2.05) is 18.2 Å². The zero-order valence-corrected chi connectivity index (χ0v) is 8.72. The van der Waals surface area contributed by atoms with Gasteiger partial charge >= 0.3 is 0 Å². The summed E-state index contributed by atoms with van der Waals surface area (Å²) in [6, 6.07) is 6.00. The van der Waals surface area contributed by atoms with Gasteiger partial charge in [0.15, 0.2) is 0 Å². The standard InChI is InChI=1S/C11H14N4/c1-8-6-15(7-11(8)13)10-2-3-14-9(4-10)5-12/h2-4,8,11H,6-7,13H2,1H3. The van der Waals surface area contributed by atoms with Crippen molar-refractivity contribution in [3.63, 3.8) is 0 Å². The first-order valence-electron chi connectivity index (χ1n) is 5.07. The van der Waals surface area contributed by atoms with Gasteiger partial charge in [0.25, 0.3) is 0 Å². The first-order valence-corrected chi connectivity index (χ1v) is 5.07. The number of nitrogens with two attached hydrogens (primary N) is 1. The number of aromatic nitrogens is 1. The van der Waals surface area contributed by atoms with Crippen molar-refractivity contribution < 1.29 is 0 Å². The van der Waals surface area contributed by atoms with Crippen molar-refractivity contribution in [3.05, 3.63) is 24.0 Å². The molecule has 78 valence electrons. The van der Waals surface area contributed by atoms with Crippen LogP contribution in [0.2, 0.25) is 0 Å². The molecule has 4 nitrogen and oxygen atoms in total. The first kappa shape index (κ1) is 9.94. The van der Waals surface area contributed by atoms with Crippen LogP contribution in [-0.4, -0.2) is 24.1 Å². The van der Waals surface area contributed by atoms with Gasteiger partial charge in [-0.2, -0.15) is 5.26 Å². The quantitative estimate of drug-likeness (QED) is 0.729. The van der Waals surface area contributed by atoms with Crippen LogP contribution >= 0.6 is 0 Å². The second-order valence-corrected chi connectivity index (χ2v) is 4.06. The normalized spacial score (nSPS) is 25.3. The average molecular weight is 202 g/mol. The van der Waals surface area contributed by atoms with E-state index in [-0.39, 0.29) is 6.04 Å². The second kappa shape index (κ2) is 3.87. The molecule has 1 saturated heterocycles. The molecule has 2 atom stereocenters. The summed E-state index contributed by atoms with van der Waals surface area (Å²) in [4.78, 5) is 6.15. The molecule has 1 fully saturated rings. The molecule has 0 radical (unpaired) electrons. The van der Waals surface area contributed by atoms with Gasteiger partial charge in [0.2, 0.25) is 0 Å². The lowest BCUT2D eigenvalue weighted by Crippen LogP contribution is -2.28. The van der Waals surface area contributed by atoms with Crippen LogP contribution in [0.25, 0.3) is 0 Å². The maximum absolute atomic E-state index is 8.75. The van der Waals surface area contributed by atoms with Crippen molar-refractivity contribution >= 4 is 5.69 Å². The molecular formula is C11H14N4. The molecule has 0 amide bonds. The van der Waals surface area contributed by atoms with Crippen LogP contribution in [0.1, 0.15) is 12.6 Å². The number of rotatable bonds is 1. The van der Waals surface area contributed by atoms with Crippen molar-refractivity contribution in [3.8, 4) is 6.07 Å². The zero-order valence-electron chi connectivity index (χ0n) is 8.72. The number of nitrogens with zero attached hydrogens (tertiary/aromatic N) is 3. The number of pyridine rings is 1. The van der Waals surface area contributed by atoms with Gasteiger partial charge in [0.05, 0.1) is 0 Å². The molecule has 2 heterocycles. The summed E-state index contributed by atoms with van der Waals surface area (Å²) in [7, 11) is 0. The third-order valence-corrected chi connectivity index (χ3v) is 2.89. The minimum absolute atomic E-state index is 0.226. The van der Waals surface area contributed by atoms with Gasteiger partial charge in [0, 0.05) is 31.0 Å². The minimum atomic E-state index is 0.226. The lowest BCUT2D eigenvalue weighted by Gasteiger charge is -2.17. The van der Waals surface area contributed by atoms with Crippen LogP contribution in [-0.2, 0) is 0 Å². The fourth-order valence-electron chi connectivity index (χ4n) is 1.88. The predicted octanol–water partition coefficient (Wildman–Crippen LogP) is 0.737. The van der Waals surface area contributed by atoms with Crippen molar-refractivity contribution in [2.75, 3.05) is 18.0 Å². The molecule has 1 aliphatic rings. The molecule has 15 heavy (non-hydrogen) atoms. The monoisotopic (exact) mass is 202 g/mol. The summed E-state index contributed by atoms with van der Waals surface area (Å²) in [5.41, 5.74) is 7.46. The van der Waals surface area contributed by atoms with Crippen molar-refractivity contribution in [1.29, 1.82) is 5.26 Å². The van der Waals surface area contributed by atoms with Crippen LogP contribution in [0.15, 0.2) is 18.3 Å².